The van der Waals surface area contributed by atoms with Crippen molar-refractivity contribution in [1.29, 1.82) is 0 Å². The van der Waals surface area contributed by atoms with Crippen molar-refractivity contribution in [3.63, 3.8) is 0 Å². The first-order valence-electron chi connectivity index (χ1n) is 4.36. The minimum Gasteiger partial charge on any atom is -0.351 e. The molecule has 0 bridgehead atoms. The Morgan fingerprint density at radius 3 is 3.00 bits per heavy atom. The van der Waals surface area contributed by atoms with E-state index in [2.05, 4.69) is 16.9 Å². The molecule has 0 atom stereocenters. The highest BCUT2D eigenvalue weighted by Crippen LogP contribution is 1.97. The highest BCUT2D eigenvalue weighted by atomic mass is 16.2. The van der Waals surface area contributed by atoms with E-state index in [0.717, 1.165) is 0 Å². The van der Waals surface area contributed by atoms with Crippen molar-refractivity contribution >= 4 is 18.2 Å². The average molecular weight is 195 g/mol. The van der Waals surface area contributed by atoms with Gasteiger partial charge in [0.25, 0.3) is 0 Å². The maximum Gasteiger partial charge on any atom is 0.343 e. The lowest BCUT2D eigenvalue weighted by molar-refractivity contribution is -0.117. The van der Waals surface area contributed by atoms with Gasteiger partial charge in [-0.1, -0.05) is 6.58 Å². The van der Waals surface area contributed by atoms with Crippen LogP contribution in [0.5, 0.6) is 0 Å². The Morgan fingerprint density at radius 2 is 2.50 bits per heavy atom. The predicted molar refractivity (Wildman–Crippen MR) is 53.3 cm³/mol. The van der Waals surface area contributed by atoms with Gasteiger partial charge in [0, 0.05) is 24.9 Å². The van der Waals surface area contributed by atoms with Crippen LogP contribution in [0.2, 0.25) is 0 Å². The van der Waals surface area contributed by atoms with E-state index in [4.69, 9.17) is 0 Å². The lowest BCUT2D eigenvalue weighted by Gasteiger charge is -2.13. The minimum atomic E-state index is -0.241. The van der Waals surface area contributed by atoms with Gasteiger partial charge in [-0.05, 0) is 6.92 Å². The van der Waals surface area contributed by atoms with E-state index >= 15 is 0 Å². The van der Waals surface area contributed by atoms with Crippen LogP contribution >= 0.6 is 0 Å². The quantitative estimate of drug-likeness (QED) is 0.651. The van der Waals surface area contributed by atoms with E-state index in [0.29, 0.717) is 25.2 Å². The number of hydrogen-bond donors (Lipinski definition) is 1. The zero-order chi connectivity index (χ0) is 10.6. The Bertz CT molecular complexity index is 296. The molecule has 0 aromatic carbocycles. The number of amides is 3. The molecule has 0 aromatic heterocycles. The van der Waals surface area contributed by atoms with E-state index in [1.807, 2.05) is 0 Å². The maximum absolute atomic E-state index is 11.1. The molecule has 0 radical (unpaired) electrons. The van der Waals surface area contributed by atoms with Gasteiger partial charge in [0.1, 0.15) is 0 Å². The minimum absolute atomic E-state index is 0.183. The van der Waals surface area contributed by atoms with Crippen LogP contribution in [0.15, 0.2) is 17.1 Å². The van der Waals surface area contributed by atoms with Gasteiger partial charge < -0.3 is 10.2 Å². The first-order chi connectivity index (χ1) is 6.61. The second kappa shape index (κ2) is 4.55. The third-order valence-corrected chi connectivity index (χ3v) is 1.83. The standard InChI is InChI=1S/C9H13N3O2/c1-7(2)8(13)10-3-5-12-6-4-11-9(12)14/h4H,1,3,5-6H2,2H3,(H,10,13). The average Bonchev–Trinajstić information content (AvgIpc) is 2.51. The van der Waals surface area contributed by atoms with Crippen LogP contribution in [0.25, 0.3) is 0 Å². The summed E-state index contributed by atoms with van der Waals surface area (Å²) in [7, 11) is 0. The molecule has 5 nitrogen and oxygen atoms in total. The molecule has 0 unspecified atom stereocenters. The summed E-state index contributed by atoms with van der Waals surface area (Å²) in [5.41, 5.74) is 0.467. The number of nitrogens with one attached hydrogen (secondary N) is 1. The topological polar surface area (TPSA) is 61.8 Å². The molecule has 0 aromatic rings. The van der Waals surface area contributed by atoms with Crippen molar-refractivity contribution in [1.82, 2.24) is 10.2 Å². The smallest absolute Gasteiger partial charge is 0.343 e. The van der Waals surface area contributed by atoms with Gasteiger partial charge >= 0.3 is 6.03 Å². The van der Waals surface area contributed by atoms with Crippen molar-refractivity contribution in [2.45, 2.75) is 6.92 Å². The molecular weight excluding hydrogens is 182 g/mol. The summed E-state index contributed by atoms with van der Waals surface area (Å²) in [5, 5.41) is 2.64. The van der Waals surface area contributed by atoms with Crippen LogP contribution in [0.1, 0.15) is 6.92 Å². The first kappa shape index (κ1) is 10.4. The largest absolute Gasteiger partial charge is 0.351 e. The number of carbonyl (C=O) groups is 2. The molecule has 0 spiro atoms. The molecule has 5 heteroatoms. The maximum atomic E-state index is 11.1. The molecule has 0 fully saturated rings. The molecule has 1 N–H and O–H groups in total. The third-order valence-electron chi connectivity index (χ3n) is 1.83. The highest BCUT2D eigenvalue weighted by molar-refractivity contribution is 5.92. The van der Waals surface area contributed by atoms with Crippen molar-refractivity contribution in [3.05, 3.63) is 12.2 Å². The SMILES string of the molecule is C=C(C)C(=O)NCCN1CC=NC1=O. The number of aliphatic imine (C=N–C) groups is 1. The second-order valence-corrected chi connectivity index (χ2v) is 3.08. The molecule has 1 aliphatic heterocycles. The van der Waals surface area contributed by atoms with Crippen molar-refractivity contribution < 1.29 is 9.59 Å². The van der Waals surface area contributed by atoms with Gasteiger partial charge in [-0.2, -0.15) is 0 Å². The molecule has 14 heavy (non-hydrogen) atoms. The highest BCUT2D eigenvalue weighted by Gasteiger charge is 2.15. The Balaban J connectivity index is 2.19. The summed E-state index contributed by atoms with van der Waals surface area (Å²) in [6.45, 7) is 6.59. The van der Waals surface area contributed by atoms with E-state index in [1.54, 1.807) is 18.0 Å². The van der Waals surface area contributed by atoms with Crippen molar-refractivity contribution in [2.75, 3.05) is 19.6 Å². The van der Waals surface area contributed by atoms with Crippen molar-refractivity contribution in [2.24, 2.45) is 4.99 Å². The molecule has 0 saturated heterocycles. The summed E-state index contributed by atoms with van der Waals surface area (Å²) >= 11 is 0. The summed E-state index contributed by atoms with van der Waals surface area (Å²) in [6.07, 6.45) is 1.56. The third kappa shape index (κ3) is 2.69. The van der Waals surface area contributed by atoms with Crippen LogP contribution in [0, 0.1) is 0 Å². The van der Waals surface area contributed by atoms with Crippen LogP contribution in [0.3, 0.4) is 0 Å². The first-order valence-corrected chi connectivity index (χ1v) is 4.36. The second-order valence-electron chi connectivity index (χ2n) is 3.08. The van der Waals surface area contributed by atoms with E-state index < -0.39 is 0 Å². The number of hydrogen-bond acceptors (Lipinski definition) is 2. The summed E-state index contributed by atoms with van der Waals surface area (Å²) in [4.78, 5) is 27.2. The Morgan fingerprint density at radius 1 is 1.79 bits per heavy atom. The van der Waals surface area contributed by atoms with Crippen molar-refractivity contribution in [3.8, 4) is 0 Å². The molecule has 1 rings (SSSR count). The lowest BCUT2D eigenvalue weighted by Crippen LogP contribution is -2.35. The predicted octanol–water partition coefficient (Wildman–Crippen LogP) is 0.185. The van der Waals surface area contributed by atoms with Gasteiger partial charge in [-0.15, -0.1) is 0 Å². The number of nitrogens with zero attached hydrogens (tertiary/aromatic N) is 2. The molecule has 1 aliphatic rings. The van der Waals surface area contributed by atoms with Gasteiger partial charge in [0.2, 0.25) is 5.91 Å². The molecule has 0 aliphatic carbocycles. The fourth-order valence-electron chi connectivity index (χ4n) is 1.02. The fraction of sp³-hybridized carbons (Fsp3) is 0.444. The Labute approximate surface area is 82.5 Å². The van der Waals surface area contributed by atoms with E-state index in [-0.39, 0.29) is 11.9 Å². The number of urea groups is 1. The summed E-state index contributed by atoms with van der Waals surface area (Å²) in [6, 6.07) is -0.241. The van der Waals surface area contributed by atoms with E-state index in [9.17, 15) is 9.59 Å². The van der Waals surface area contributed by atoms with Crippen LogP contribution in [-0.4, -0.2) is 42.7 Å². The zero-order valence-electron chi connectivity index (χ0n) is 8.12. The molecule has 0 saturated carbocycles. The van der Waals surface area contributed by atoms with Crippen LogP contribution < -0.4 is 5.32 Å². The number of rotatable bonds is 4. The molecule has 3 amide bonds. The number of carbonyl (C=O) groups excluding carboxylic acids is 2. The molecule has 1 heterocycles. The monoisotopic (exact) mass is 195 g/mol. The zero-order valence-corrected chi connectivity index (χ0v) is 8.12. The molecular formula is C9H13N3O2. The van der Waals surface area contributed by atoms with Gasteiger partial charge in [-0.25, -0.2) is 9.79 Å². The van der Waals surface area contributed by atoms with Crippen LogP contribution in [0.4, 0.5) is 4.79 Å². The molecule has 76 valence electrons. The summed E-state index contributed by atoms with van der Waals surface area (Å²) < 4.78 is 0. The van der Waals surface area contributed by atoms with Gasteiger partial charge in [0.05, 0.1) is 6.54 Å². The summed E-state index contributed by atoms with van der Waals surface area (Å²) in [5.74, 6) is -0.183. The van der Waals surface area contributed by atoms with Gasteiger partial charge in [0.15, 0.2) is 0 Å². The van der Waals surface area contributed by atoms with E-state index in [1.165, 1.54) is 0 Å². The van der Waals surface area contributed by atoms with Gasteiger partial charge in [-0.3, -0.25) is 4.79 Å². The fourth-order valence-corrected chi connectivity index (χ4v) is 1.02. The lowest BCUT2D eigenvalue weighted by atomic mass is 10.3. The van der Waals surface area contributed by atoms with Crippen LogP contribution in [-0.2, 0) is 4.79 Å². The Kier molecular flexibility index (Phi) is 3.39. The normalized spacial score (nSPS) is 14.6. The Hall–Kier alpha value is -1.65.